The summed E-state index contributed by atoms with van der Waals surface area (Å²) < 4.78 is 11.5. The van der Waals surface area contributed by atoms with Gasteiger partial charge in [-0.05, 0) is 44.0 Å². The molecule has 2 fully saturated rings. The summed E-state index contributed by atoms with van der Waals surface area (Å²) in [7, 11) is 0. The first kappa shape index (κ1) is 20.8. The Hall–Kier alpha value is -2.51. The fourth-order valence-electron chi connectivity index (χ4n) is 3.84. The van der Waals surface area contributed by atoms with E-state index in [0.29, 0.717) is 19.5 Å². The van der Waals surface area contributed by atoms with Crippen molar-refractivity contribution >= 4 is 29.4 Å². The number of carbonyl (C=O) groups excluding carboxylic acids is 2. The van der Waals surface area contributed by atoms with Crippen molar-refractivity contribution in [1.82, 2.24) is 5.32 Å². The molecular formula is C23H26N2O4S. The van der Waals surface area contributed by atoms with Gasteiger partial charge < -0.3 is 14.8 Å². The molecule has 0 bridgehead atoms. The highest BCUT2D eigenvalue weighted by molar-refractivity contribution is 7.99. The molecule has 2 aliphatic heterocycles. The van der Waals surface area contributed by atoms with E-state index >= 15 is 0 Å². The zero-order valence-electron chi connectivity index (χ0n) is 17.3. The lowest BCUT2D eigenvalue weighted by molar-refractivity contribution is -0.233. The van der Waals surface area contributed by atoms with Crippen LogP contribution in [0.2, 0.25) is 0 Å². The van der Waals surface area contributed by atoms with Gasteiger partial charge >= 0.3 is 17.8 Å². The minimum Gasteiger partial charge on any atom is -0.402 e. The van der Waals surface area contributed by atoms with Crippen LogP contribution in [0, 0.1) is 13.8 Å². The minimum absolute atomic E-state index is 0.212. The number of ether oxygens (including phenoxy) is 2. The number of piperazine rings is 1. The molecule has 2 saturated heterocycles. The third-order valence-corrected chi connectivity index (χ3v) is 6.53. The van der Waals surface area contributed by atoms with Crippen molar-refractivity contribution in [3.8, 4) is 0 Å². The molecule has 0 unspecified atom stereocenters. The van der Waals surface area contributed by atoms with Gasteiger partial charge in [-0.1, -0.05) is 41.6 Å². The van der Waals surface area contributed by atoms with E-state index in [1.165, 1.54) is 11.1 Å². The van der Waals surface area contributed by atoms with Crippen LogP contribution >= 0.6 is 11.8 Å². The molecule has 1 spiro atoms. The maximum atomic E-state index is 12.4. The van der Waals surface area contributed by atoms with Crippen molar-refractivity contribution in [2.24, 2.45) is 0 Å². The summed E-state index contributed by atoms with van der Waals surface area (Å²) in [6.45, 7) is 5.65. The van der Waals surface area contributed by atoms with Crippen LogP contribution in [-0.2, 0) is 19.1 Å². The number of nitrogens with one attached hydrogen (secondary N) is 1. The zero-order chi connectivity index (χ0) is 21.1. The number of para-hydroxylation sites is 1. The lowest BCUT2D eigenvalue weighted by Crippen LogP contribution is -2.66. The van der Waals surface area contributed by atoms with Crippen LogP contribution in [0.3, 0.4) is 0 Å². The van der Waals surface area contributed by atoms with E-state index in [0.717, 1.165) is 15.5 Å². The van der Waals surface area contributed by atoms with E-state index in [1.54, 1.807) is 11.8 Å². The molecule has 2 aromatic carbocycles. The van der Waals surface area contributed by atoms with Crippen molar-refractivity contribution in [2.75, 3.05) is 24.5 Å². The molecular weight excluding hydrogens is 400 g/mol. The topological polar surface area (TPSA) is 67.9 Å². The lowest BCUT2D eigenvalue weighted by Gasteiger charge is -2.46. The van der Waals surface area contributed by atoms with Gasteiger partial charge in [0.1, 0.15) is 0 Å². The van der Waals surface area contributed by atoms with Crippen molar-refractivity contribution in [3.63, 3.8) is 0 Å². The van der Waals surface area contributed by atoms with Crippen molar-refractivity contribution in [2.45, 2.75) is 48.8 Å². The Bertz CT molecular complexity index is 944. The molecule has 0 saturated carbocycles. The van der Waals surface area contributed by atoms with Crippen molar-refractivity contribution in [1.29, 1.82) is 0 Å². The first-order valence-corrected chi connectivity index (χ1v) is 11.0. The van der Waals surface area contributed by atoms with Crippen LogP contribution in [0.5, 0.6) is 0 Å². The fourth-order valence-corrected chi connectivity index (χ4v) is 4.87. The molecule has 7 heteroatoms. The number of rotatable bonds is 3. The van der Waals surface area contributed by atoms with Gasteiger partial charge in [0.2, 0.25) is 0 Å². The van der Waals surface area contributed by atoms with E-state index < -0.39 is 5.91 Å². The van der Waals surface area contributed by atoms with Crippen molar-refractivity contribution < 1.29 is 19.1 Å². The molecule has 0 radical (unpaired) electrons. The first-order valence-electron chi connectivity index (χ1n) is 10.2. The van der Waals surface area contributed by atoms with Gasteiger partial charge in [0.05, 0.1) is 12.2 Å². The number of hydrogen-bond donors (Lipinski definition) is 1. The number of hydrogen-bond acceptors (Lipinski definition) is 7. The van der Waals surface area contributed by atoms with E-state index in [9.17, 15) is 9.59 Å². The second kappa shape index (κ2) is 8.70. The summed E-state index contributed by atoms with van der Waals surface area (Å²) in [4.78, 5) is 28.8. The van der Waals surface area contributed by atoms with Crippen LogP contribution in [-0.4, -0.2) is 37.5 Å². The SMILES string of the molecule is Cc1ccc(Sc2ccccc2N2CCNCC23OC(=O)CCCC(=O)O3)c(C)c1. The van der Waals surface area contributed by atoms with Gasteiger partial charge in [0.15, 0.2) is 0 Å². The largest absolute Gasteiger partial charge is 0.402 e. The standard InChI is InChI=1S/C23H26N2O4S/c1-16-10-11-19(17(2)14-16)30-20-7-4-3-6-18(20)25-13-12-24-15-23(25)28-21(26)8-5-9-22(27)29-23/h3-4,6-7,10-11,14,24H,5,8-9,12-13,15H2,1-2H3. The summed E-state index contributed by atoms with van der Waals surface area (Å²) in [6.07, 6.45) is 0.869. The predicted octanol–water partition coefficient (Wildman–Crippen LogP) is 3.79. The van der Waals surface area contributed by atoms with Gasteiger partial charge in [-0.15, -0.1) is 0 Å². The van der Waals surface area contributed by atoms with E-state index in [4.69, 9.17) is 9.47 Å². The van der Waals surface area contributed by atoms with Crippen molar-refractivity contribution in [3.05, 3.63) is 53.6 Å². The quantitative estimate of drug-likeness (QED) is 0.749. The smallest absolute Gasteiger partial charge is 0.355 e. The Morgan fingerprint density at radius 3 is 2.47 bits per heavy atom. The van der Waals surface area contributed by atoms with Gasteiger partial charge in [-0.25, -0.2) is 0 Å². The predicted molar refractivity (Wildman–Crippen MR) is 115 cm³/mol. The second-order valence-corrected chi connectivity index (χ2v) is 8.77. The Labute approximate surface area is 180 Å². The molecule has 6 nitrogen and oxygen atoms in total. The molecule has 158 valence electrons. The molecule has 4 rings (SSSR count). The highest BCUT2D eigenvalue weighted by atomic mass is 32.2. The molecule has 2 aliphatic rings. The molecule has 0 amide bonds. The number of carbonyl (C=O) groups is 2. The van der Waals surface area contributed by atoms with Crippen LogP contribution in [0.4, 0.5) is 5.69 Å². The maximum Gasteiger partial charge on any atom is 0.355 e. The van der Waals surface area contributed by atoms with Crippen LogP contribution in [0.25, 0.3) is 0 Å². The minimum atomic E-state index is -1.47. The number of esters is 2. The monoisotopic (exact) mass is 426 g/mol. The Morgan fingerprint density at radius 2 is 1.73 bits per heavy atom. The molecule has 1 N–H and O–H groups in total. The van der Waals surface area contributed by atoms with Crippen LogP contribution in [0.15, 0.2) is 52.3 Å². The van der Waals surface area contributed by atoms with Crippen LogP contribution in [0.1, 0.15) is 30.4 Å². The summed E-state index contributed by atoms with van der Waals surface area (Å²) in [5, 5.41) is 3.22. The number of nitrogens with zero attached hydrogens (tertiary/aromatic N) is 1. The molecule has 0 aliphatic carbocycles. The lowest BCUT2D eigenvalue weighted by atomic mass is 10.2. The third kappa shape index (κ3) is 4.32. The fraction of sp³-hybridized carbons (Fsp3) is 0.391. The average molecular weight is 427 g/mol. The van der Waals surface area contributed by atoms with Gasteiger partial charge in [-0.2, -0.15) is 0 Å². The summed E-state index contributed by atoms with van der Waals surface area (Å²) in [5.74, 6) is -2.17. The maximum absolute atomic E-state index is 12.4. The first-order chi connectivity index (χ1) is 14.5. The van der Waals surface area contributed by atoms with E-state index in [1.807, 2.05) is 29.2 Å². The number of aryl methyl sites for hydroxylation is 2. The number of benzene rings is 2. The second-order valence-electron chi connectivity index (χ2n) is 7.68. The zero-order valence-corrected chi connectivity index (χ0v) is 18.1. The van der Waals surface area contributed by atoms with E-state index in [2.05, 4.69) is 37.4 Å². The summed E-state index contributed by atoms with van der Waals surface area (Å²) in [5.41, 5.74) is 3.30. The molecule has 2 heterocycles. The third-order valence-electron chi connectivity index (χ3n) is 5.29. The Morgan fingerprint density at radius 1 is 1.00 bits per heavy atom. The van der Waals surface area contributed by atoms with E-state index in [-0.39, 0.29) is 31.3 Å². The summed E-state index contributed by atoms with van der Waals surface area (Å²) in [6, 6.07) is 14.3. The summed E-state index contributed by atoms with van der Waals surface area (Å²) >= 11 is 1.66. The highest BCUT2D eigenvalue weighted by Crippen LogP contribution is 2.40. The highest BCUT2D eigenvalue weighted by Gasteiger charge is 2.48. The molecule has 0 aromatic heterocycles. The average Bonchev–Trinajstić information content (AvgIpc) is 2.70. The Kier molecular flexibility index (Phi) is 6.01. The van der Waals surface area contributed by atoms with Gasteiger partial charge in [0.25, 0.3) is 0 Å². The van der Waals surface area contributed by atoms with Gasteiger partial charge in [0, 0.05) is 35.7 Å². The van der Waals surface area contributed by atoms with Crippen LogP contribution < -0.4 is 10.2 Å². The normalized spacial score (nSPS) is 19.1. The number of anilines is 1. The molecule has 2 aromatic rings. The molecule has 30 heavy (non-hydrogen) atoms. The molecule has 0 atom stereocenters. The van der Waals surface area contributed by atoms with Gasteiger partial charge in [-0.3, -0.25) is 14.5 Å². The Balaban J connectivity index is 1.72.